The molecule has 0 aromatic heterocycles. The van der Waals surface area contributed by atoms with E-state index in [9.17, 15) is 4.79 Å². The molecular weight excluding hydrogens is 228 g/mol. The number of benzene rings is 1. The minimum absolute atomic E-state index is 0.159. The Labute approximate surface area is 108 Å². The van der Waals surface area contributed by atoms with E-state index >= 15 is 0 Å². The fraction of sp³-hybridized carbons (Fsp3) is 0.533. The number of aldehydes is 1. The summed E-state index contributed by atoms with van der Waals surface area (Å²) < 4.78 is 11.3. The molecule has 1 aromatic carbocycles. The summed E-state index contributed by atoms with van der Waals surface area (Å²) in [6.45, 7) is 2.79. The largest absolute Gasteiger partial charge is 0.493 e. The number of rotatable bonds is 7. The second-order valence-corrected chi connectivity index (χ2v) is 4.94. The topological polar surface area (TPSA) is 35.5 Å². The summed E-state index contributed by atoms with van der Waals surface area (Å²) in [4.78, 5) is 10.7. The molecule has 1 fully saturated rings. The molecule has 1 aromatic rings. The van der Waals surface area contributed by atoms with E-state index in [-0.39, 0.29) is 5.92 Å². The fourth-order valence-electron chi connectivity index (χ4n) is 1.99. The highest BCUT2D eigenvalue weighted by molar-refractivity contribution is 5.55. The molecule has 0 radical (unpaired) electrons. The van der Waals surface area contributed by atoms with Gasteiger partial charge in [0.1, 0.15) is 6.29 Å². The van der Waals surface area contributed by atoms with Gasteiger partial charge < -0.3 is 14.3 Å². The summed E-state index contributed by atoms with van der Waals surface area (Å²) in [5, 5.41) is 0. The molecule has 0 saturated heterocycles. The summed E-state index contributed by atoms with van der Waals surface area (Å²) in [6.07, 6.45) is 3.98. The van der Waals surface area contributed by atoms with Crippen molar-refractivity contribution >= 4 is 6.29 Å². The molecule has 0 bridgehead atoms. The molecule has 0 heterocycles. The van der Waals surface area contributed by atoms with Gasteiger partial charge in [-0.05, 0) is 30.7 Å². The van der Waals surface area contributed by atoms with E-state index in [1.54, 1.807) is 7.11 Å². The SMILES string of the molecule is COc1cccc(C(C)CC=O)c1OCC1CC1. The van der Waals surface area contributed by atoms with Crippen molar-refractivity contribution in [3.8, 4) is 11.5 Å². The average molecular weight is 248 g/mol. The lowest BCUT2D eigenvalue weighted by atomic mass is 9.97. The Morgan fingerprint density at radius 3 is 2.83 bits per heavy atom. The van der Waals surface area contributed by atoms with Gasteiger partial charge in [0.15, 0.2) is 11.5 Å². The van der Waals surface area contributed by atoms with Crippen LogP contribution in [0.3, 0.4) is 0 Å². The number of methoxy groups -OCH3 is 1. The van der Waals surface area contributed by atoms with E-state index in [1.807, 2.05) is 25.1 Å². The first-order chi connectivity index (χ1) is 8.76. The summed E-state index contributed by atoms with van der Waals surface area (Å²) in [6, 6.07) is 5.86. The first kappa shape index (κ1) is 12.9. The van der Waals surface area contributed by atoms with E-state index in [0.29, 0.717) is 12.3 Å². The zero-order valence-corrected chi connectivity index (χ0v) is 11.0. The van der Waals surface area contributed by atoms with Gasteiger partial charge in [-0.1, -0.05) is 19.1 Å². The molecule has 1 saturated carbocycles. The Morgan fingerprint density at radius 2 is 2.22 bits per heavy atom. The Balaban J connectivity index is 2.21. The molecule has 0 spiro atoms. The molecule has 1 aliphatic carbocycles. The molecule has 0 amide bonds. The quantitative estimate of drug-likeness (QED) is 0.695. The molecule has 0 N–H and O–H groups in total. The Hall–Kier alpha value is -1.51. The third-order valence-electron chi connectivity index (χ3n) is 3.37. The number of hydrogen-bond donors (Lipinski definition) is 0. The lowest BCUT2D eigenvalue weighted by Crippen LogP contribution is -2.06. The van der Waals surface area contributed by atoms with Gasteiger partial charge in [0.25, 0.3) is 0 Å². The third kappa shape index (κ3) is 3.03. The maximum absolute atomic E-state index is 10.7. The van der Waals surface area contributed by atoms with Crippen molar-refractivity contribution in [3.05, 3.63) is 23.8 Å². The zero-order valence-electron chi connectivity index (χ0n) is 11.0. The monoisotopic (exact) mass is 248 g/mol. The lowest BCUT2D eigenvalue weighted by Gasteiger charge is -2.18. The molecule has 18 heavy (non-hydrogen) atoms. The zero-order chi connectivity index (χ0) is 13.0. The summed E-state index contributed by atoms with van der Waals surface area (Å²) in [5.41, 5.74) is 1.06. The van der Waals surface area contributed by atoms with E-state index in [1.165, 1.54) is 12.8 Å². The van der Waals surface area contributed by atoms with Gasteiger partial charge in [0, 0.05) is 12.0 Å². The van der Waals surface area contributed by atoms with Crippen LogP contribution in [0.5, 0.6) is 11.5 Å². The Morgan fingerprint density at radius 1 is 1.44 bits per heavy atom. The molecule has 1 atom stereocenters. The highest BCUT2D eigenvalue weighted by Crippen LogP contribution is 2.38. The van der Waals surface area contributed by atoms with Crippen LogP contribution in [0.15, 0.2) is 18.2 Å². The number of carbonyl (C=O) groups is 1. The molecule has 1 aliphatic rings. The van der Waals surface area contributed by atoms with Crippen LogP contribution >= 0.6 is 0 Å². The molecule has 3 nitrogen and oxygen atoms in total. The van der Waals surface area contributed by atoms with E-state index < -0.39 is 0 Å². The fourth-order valence-corrected chi connectivity index (χ4v) is 1.99. The van der Waals surface area contributed by atoms with Crippen LogP contribution in [0.1, 0.15) is 37.7 Å². The maximum Gasteiger partial charge on any atom is 0.164 e. The van der Waals surface area contributed by atoms with Crippen LogP contribution in [0.4, 0.5) is 0 Å². The van der Waals surface area contributed by atoms with Crippen LogP contribution in [0.25, 0.3) is 0 Å². The van der Waals surface area contributed by atoms with Crippen molar-refractivity contribution in [2.75, 3.05) is 13.7 Å². The third-order valence-corrected chi connectivity index (χ3v) is 3.37. The van der Waals surface area contributed by atoms with Crippen molar-refractivity contribution < 1.29 is 14.3 Å². The van der Waals surface area contributed by atoms with Crippen molar-refractivity contribution in [1.29, 1.82) is 0 Å². The van der Waals surface area contributed by atoms with Gasteiger partial charge in [-0.25, -0.2) is 0 Å². The lowest BCUT2D eigenvalue weighted by molar-refractivity contribution is -0.108. The van der Waals surface area contributed by atoms with Gasteiger partial charge >= 0.3 is 0 Å². The van der Waals surface area contributed by atoms with E-state index in [0.717, 1.165) is 30.0 Å². The molecule has 0 aliphatic heterocycles. The van der Waals surface area contributed by atoms with Crippen molar-refractivity contribution in [2.24, 2.45) is 5.92 Å². The normalized spacial score (nSPS) is 16.1. The Bertz CT molecular complexity index is 410. The highest BCUT2D eigenvalue weighted by atomic mass is 16.5. The van der Waals surface area contributed by atoms with Crippen LogP contribution in [-0.4, -0.2) is 20.0 Å². The minimum Gasteiger partial charge on any atom is -0.493 e. The standard InChI is InChI=1S/C15H20O3/c1-11(8-9-16)13-4-3-5-14(17-2)15(13)18-10-12-6-7-12/h3-5,9,11-12H,6-8,10H2,1-2H3. The van der Waals surface area contributed by atoms with Gasteiger partial charge in [0.05, 0.1) is 13.7 Å². The molecule has 3 heteroatoms. The molecule has 1 unspecified atom stereocenters. The van der Waals surface area contributed by atoms with Crippen LogP contribution in [0, 0.1) is 5.92 Å². The van der Waals surface area contributed by atoms with Crippen molar-refractivity contribution in [2.45, 2.75) is 32.1 Å². The second kappa shape index (κ2) is 5.89. The predicted octanol–water partition coefficient (Wildman–Crippen LogP) is 3.18. The highest BCUT2D eigenvalue weighted by Gasteiger charge is 2.24. The first-order valence-electron chi connectivity index (χ1n) is 6.49. The number of carbonyl (C=O) groups excluding carboxylic acids is 1. The summed E-state index contributed by atoms with van der Waals surface area (Å²) in [7, 11) is 1.65. The maximum atomic E-state index is 10.7. The van der Waals surface area contributed by atoms with Crippen molar-refractivity contribution in [1.82, 2.24) is 0 Å². The van der Waals surface area contributed by atoms with Crippen molar-refractivity contribution in [3.63, 3.8) is 0 Å². The van der Waals surface area contributed by atoms with Gasteiger partial charge in [-0.2, -0.15) is 0 Å². The second-order valence-electron chi connectivity index (χ2n) is 4.94. The first-order valence-corrected chi connectivity index (χ1v) is 6.49. The average Bonchev–Trinajstić information content (AvgIpc) is 3.20. The van der Waals surface area contributed by atoms with Gasteiger partial charge in [0.2, 0.25) is 0 Å². The van der Waals surface area contributed by atoms with E-state index in [4.69, 9.17) is 9.47 Å². The smallest absolute Gasteiger partial charge is 0.164 e. The molecule has 2 rings (SSSR count). The summed E-state index contributed by atoms with van der Waals surface area (Å²) in [5.74, 6) is 2.42. The number of ether oxygens (including phenoxy) is 2. The Kier molecular flexibility index (Phi) is 4.24. The van der Waals surface area contributed by atoms with Gasteiger partial charge in [-0.3, -0.25) is 0 Å². The van der Waals surface area contributed by atoms with Crippen LogP contribution in [0.2, 0.25) is 0 Å². The predicted molar refractivity (Wildman–Crippen MR) is 70.3 cm³/mol. The number of hydrogen-bond acceptors (Lipinski definition) is 3. The van der Waals surface area contributed by atoms with Gasteiger partial charge in [-0.15, -0.1) is 0 Å². The molecule has 98 valence electrons. The summed E-state index contributed by atoms with van der Waals surface area (Å²) >= 11 is 0. The van der Waals surface area contributed by atoms with Crippen LogP contribution < -0.4 is 9.47 Å². The minimum atomic E-state index is 0.159. The van der Waals surface area contributed by atoms with Crippen LogP contribution in [-0.2, 0) is 4.79 Å². The number of para-hydroxylation sites is 1. The van der Waals surface area contributed by atoms with E-state index in [2.05, 4.69) is 0 Å². The molecular formula is C15H20O3.